The molecule has 0 unspecified atom stereocenters. The maximum absolute atomic E-state index is 3.97. The van der Waals surface area contributed by atoms with Crippen LogP contribution in [0.25, 0.3) is 6.08 Å². The highest BCUT2D eigenvalue weighted by molar-refractivity contribution is 5.65. The second-order valence-electron chi connectivity index (χ2n) is 4.76. The average Bonchev–Trinajstić information content (AvgIpc) is 2.33. The van der Waals surface area contributed by atoms with Crippen molar-refractivity contribution in [1.29, 1.82) is 0 Å². The quantitative estimate of drug-likeness (QED) is 0.689. The lowest BCUT2D eigenvalue weighted by atomic mass is 10.0. The van der Waals surface area contributed by atoms with Gasteiger partial charge in [0.25, 0.3) is 0 Å². The van der Waals surface area contributed by atoms with Crippen molar-refractivity contribution >= 4 is 11.8 Å². The zero-order chi connectivity index (χ0) is 13.7. The average molecular weight is 241 g/mol. The van der Waals surface area contributed by atoms with Crippen LogP contribution in [0, 0.1) is 6.92 Å². The molecule has 0 aliphatic heterocycles. The molecule has 1 N–H and O–H groups in total. The van der Waals surface area contributed by atoms with Gasteiger partial charge in [-0.15, -0.1) is 0 Å². The summed E-state index contributed by atoms with van der Waals surface area (Å²) in [4.78, 5) is 0. The van der Waals surface area contributed by atoms with Crippen LogP contribution >= 0.6 is 0 Å². The summed E-state index contributed by atoms with van der Waals surface area (Å²) < 4.78 is 0. The third kappa shape index (κ3) is 3.92. The maximum atomic E-state index is 3.97. The summed E-state index contributed by atoms with van der Waals surface area (Å²) in [5.41, 5.74) is 6.93. The molecule has 1 heteroatoms. The third-order valence-corrected chi connectivity index (χ3v) is 3.07. The molecule has 1 rings (SSSR count). The van der Waals surface area contributed by atoms with Crippen LogP contribution in [0.2, 0.25) is 0 Å². The van der Waals surface area contributed by atoms with Crippen molar-refractivity contribution in [2.45, 2.75) is 34.1 Å². The molecule has 0 aliphatic carbocycles. The summed E-state index contributed by atoms with van der Waals surface area (Å²) in [6, 6.07) is 6.37. The van der Waals surface area contributed by atoms with Gasteiger partial charge < -0.3 is 5.32 Å². The first-order valence-corrected chi connectivity index (χ1v) is 6.33. The lowest BCUT2D eigenvalue weighted by Gasteiger charge is -2.10. The number of allylic oxidation sites excluding steroid dienone is 3. The second kappa shape index (κ2) is 6.25. The fourth-order valence-electron chi connectivity index (χ4n) is 1.52. The second-order valence-corrected chi connectivity index (χ2v) is 4.76. The Morgan fingerprint density at radius 1 is 1.28 bits per heavy atom. The molecule has 0 aliphatic rings. The summed E-state index contributed by atoms with van der Waals surface area (Å²) in [7, 11) is 0. The zero-order valence-electron chi connectivity index (χ0n) is 11.9. The lowest BCUT2D eigenvalue weighted by molar-refractivity contribution is 1.11. The molecule has 1 aromatic carbocycles. The number of aryl methyl sites for hydroxylation is 1. The van der Waals surface area contributed by atoms with Crippen LogP contribution in [0.3, 0.4) is 0 Å². The Morgan fingerprint density at radius 2 is 1.94 bits per heavy atom. The molecule has 0 fully saturated rings. The molecule has 1 aromatic rings. The Hall–Kier alpha value is -1.76. The SMILES string of the molecule is C=C(CC)Nc1ccc(C)c(/C=C(\C)C(=C)C)c1. The Balaban J connectivity index is 3.05. The molecule has 0 spiro atoms. The highest BCUT2D eigenvalue weighted by Crippen LogP contribution is 2.21. The van der Waals surface area contributed by atoms with Crippen molar-refractivity contribution in [3.05, 3.63) is 59.3 Å². The number of rotatable bonds is 5. The summed E-state index contributed by atoms with van der Waals surface area (Å²) in [6.07, 6.45) is 3.11. The van der Waals surface area contributed by atoms with Gasteiger partial charge in [0.15, 0.2) is 0 Å². The molecule has 0 atom stereocenters. The number of anilines is 1. The Morgan fingerprint density at radius 3 is 2.50 bits per heavy atom. The number of nitrogens with one attached hydrogen (secondary N) is 1. The van der Waals surface area contributed by atoms with Gasteiger partial charge >= 0.3 is 0 Å². The molecule has 96 valence electrons. The van der Waals surface area contributed by atoms with E-state index < -0.39 is 0 Å². The van der Waals surface area contributed by atoms with Crippen molar-refractivity contribution in [3.8, 4) is 0 Å². The maximum Gasteiger partial charge on any atom is 0.0387 e. The number of benzene rings is 1. The van der Waals surface area contributed by atoms with E-state index in [-0.39, 0.29) is 0 Å². The van der Waals surface area contributed by atoms with Gasteiger partial charge in [-0.25, -0.2) is 0 Å². The molecule has 1 nitrogen and oxygen atoms in total. The van der Waals surface area contributed by atoms with Crippen molar-refractivity contribution in [2.75, 3.05) is 5.32 Å². The van der Waals surface area contributed by atoms with E-state index in [1.807, 2.05) is 6.92 Å². The smallest absolute Gasteiger partial charge is 0.0387 e. The van der Waals surface area contributed by atoms with Gasteiger partial charge in [0, 0.05) is 11.4 Å². The summed E-state index contributed by atoms with van der Waals surface area (Å²) >= 11 is 0. The molecule has 0 aromatic heterocycles. The fraction of sp³-hybridized carbons (Fsp3) is 0.294. The van der Waals surface area contributed by atoms with Gasteiger partial charge in [-0.05, 0) is 56.0 Å². The largest absolute Gasteiger partial charge is 0.359 e. The molecule has 0 bridgehead atoms. The summed E-state index contributed by atoms with van der Waals surface area (Å²) in [5, 5.41) is 3.32. The first-order valence-electron chi connectivity index (χ1n) is 6.33. The van der Waals surface area contributed by atoms with Crippen LogP contribution in [0.5, 0.6) is 0 Å². The van der Waals surface area contributed by atoms with Gasteiger partial charge in [0.2, 0.25) is 0 Å². The highest BCUT2D eigenvalue weighted by Gasteiger charge is 2.00. The first-order chi connectivity index (χ1) is 8.43. The van der Waals surface area contributed by atoms with Crippen molar-refractivity contribution in [1.82, 2.24) is 0 Å². The lowest BCUT2D eigenvalue weighted by Crippen LogP contribution is -1.97. The van der Waals surface area contributed by atoms with Crippen LogP contribution in [0.15, 0.2) is 48.2 Å². The molecule has 0 saturated carbocycles. The van der Waals surface area contributed by atoms with E-state index in [0.717, 1.165) is 23.4 Å². The highest BCUT2D eigenvalue weighted by atomic mass is 14.9. The van der Waals surface area contributed by atoms with Gasteiger partial charge in [0.1, 0.15) is 0 Å². The minimum atomic E-state index is 0.934. The molecule has 0 saturated heterocycles. The minimum Gasteiger partial charge on any atom is -0.359 e. The Bertz CT molecular complexity index is 492. The molecule has 18 heavy (non-hydrogen) atoms. The number of hydrogen-bond acceptors (Lipinski definition) is 1. The predicted octanol–water partition coefficient (Wildman–Crippen LogP) is 5.31. The van der Waals surface area contributed by atoms with E-state index >= 15 is 0 Å². The minimum absolute atomic E-state index is 0.934. The van der Waals surface area contributed by atoms with E-state index in [2.05, 4.69) is 63.5 Å². The van der Waals surface area contributed by atoms with Crippen LogP contribution in [0.4, 0.5) is 5.69 Å². The molecular weight excluding hydrogens is 218 g/mol. The summed E-state index contributed by atoms with van der Waals surface area (Å²) in [6.45, 7) is 16.3. The van der Waals surface area contributed by atoms with E-state index in [1.54, 1.807) is 0 Å². The van der Waals surface area contributed by atoms with Gasteiger partial charge in [-0.3, -0.25) is 0 Å². The van der Waals surface area contributed by atoms with E-state index in [9.17, 15) is 0 Å². The third-order valence-electron chi connectivity index (χ3n) is 3.07. The molecule has 0 heterocycles. The zero-order valence-corrected chi connectivity index (χ0v) is 11.9. The summed E-state index contributed by atoms with van der Waals surface area (Å²) in [5.74, 6) is 0. The first kappa shape index (κ1) is 14.3. The van der Waals surface area contributed by atoms with Gasteiger partial charge in [-0.1, -0.05) is 37.8 Å². The van der Waals surface area contributed by atoms with Crippen LogP contribution in [-0.4, -0.2) is 0 Å². The van der Waals surface area contributed by atoms with E-state index in [1.165, 1.54) is 16.7 Å². The topological polar surface area (TPSA) is 12.0 Å². The monoisotopic (exact) mass is 241 g/mol. The molecular formula is C17H23N. The van der Waals surface area contributed by atoms with Crippen molar-refractivity contribution in [2.24, 2.45) is 0 Å². The number of hydrogen-bond donors (Lipinski definition) is 1. The van der Waals surface area contributed by atoms with Crippen molar-refractivity contribution < 1.29 is 0 Å². The Kier molecular flexibility index (Phi) is 4.96. The molecule has 0 amide bonds. The predicted molar refractivity (Wildman–Crippen MR) is 82.7 cm³/mol. The van der Waals surface area contributed by atoms with Gasteiger partial charge in [0.05, 0.1) is 0 Å². The van der Waals surface area contributed by atoms with Crippen LogP contribution in [-0.2, 0) is 0 Å². The standard InChI is InChI=1S/C17H23N/c1-7-15(6)18-17-9-8-13(4)16(11-17)10-14(5)12(2)3/h8-11,18H,2,6-7H2,1,3-5H3/b14-10+. The van der Waals surface area contributed by atoms with E-state index in [0.29, 0.717) is 0 Å². The van der Waals surface area contributed by atoms with Gasteiger partial charge in [-0.2, -0.15) is 0 Å². The fourth-order valence-corrected chi connectivity index (χ4v) is 1.52. The van der Waals surface area contributed by atoms with E-state index in [4.69, 9.17) is 0 Å². The van der Waals surface area contributed by atoms with Crippen LogP contribution < -0.4 is 5.32 Å². The Labute approximate surface area is 111 Å². The van der Waals surface area contributed by atoms with Crippen LogP contribution in [0.1, 0.15) is 38.3 Å². The normalized spacial score (nSPS) is 11.2. The molecule has 0 radical (unpaired) electrons. The van der Waals surface area contributed by atoms with Crippen molar-refractivity contribution in [3.63, 3.8) is 0 Å².